The molecule has 4 nitrogen and oxygen atoms in total. The van der Waals surface area contributed by atoms with Crippen LogP contribution in [0.4, 0.5) is 0 Å². The van der Waals surface area contributed by atoms with Crippen molar-refractivity contribution in [2.75, 3.05) is 6.54 Å². The number of rotatable bonds is 7. The zero-order valence-electron chi connectivity index (χ0n) is 11.4. The summed E-state index contributed by atoms with van der Waals surface area (Å²) >= 11 is 7.71. The van der Waals surface area contributed by atoms with Gasteiger partial charge in [0.1, 0.15) is 0 Å². The molecular weight excluding hydrogens is 294 g/mol. The van der Waals surface area contributed by atoms with E-state index in [0.717, 1.165) is 22.8 Å². The fraction of sp³-hybridized carbons (Fsp3) is 0.429. The summed E-state index contributed by atoms with van der Waals surface area (Å²) in [6.07, 6.45) is 2.02. The monoisotopic (exact) mass is 311 g/mol. The van der Waals surface area contributed by atoms with Crippen LogP contribution in [0.3, 0.4) is 0 Å². The van der Waals surface area contributed by atoms with Gasteiger partial charge in [-0.05, 0) is 18.6 Å². The van der Waals surface area contributed by atoms with Gasteiger partial charge in [0.15, 0.2) is 5.82 Å². The maximum absolute atomic E-state index is 6.11. The Kier molecular flexibility index (Phi) is 5.88. The molecule has 0 amide bonds. The minimum absolute atomic E-state index is 0.159. The maximum atomic E-state index is 6.11. The quantitative estimate of drug-likeness (QED) is 0.787. The van der Waals surface area contributed by atoms with Crippen molar-refractivity contribution < 1.29 is 4.52 Å². The molecule has 0 aliphatic heterocycles. The maximum Gasteiger partial charge on any atom is 0.231 e. The second-order valence-electron chi connectivity index (χ2n) is 4.49. The van der Waals surface area contributed by atoms with Crippen LogP contribution >= 0.6 is 23.4 Å². The molecule has 1 aromatic carbocycles. The van der Waals surface area contributed by atoms with Gasteiger partial charge >= 0.3 is 0 Å². The second-order valence-corrected chi connectivity index (χ2v) is 5.91. The number of halogens is 1. The fourth-order valence-electron chi connectivity index (χ4n) is 1.89. The predicted molar refractivity (Wildman–Crippen MR) is 82.0 cm³/mol. The molecule has 0 bridgehead atoms. The van der Waals surface area contributed by atoms with Gasteiger partial charge in [0, 0.05) is 11.4 Å². The first-order chi connectivity index (χ1) is 9.74. The van der Waals surface area contributed by atoms with Crippen molar-refractivity contribution in [2.45, 2.75) is 36.3 Å². The Morgan fingerprint density at radius 2 is 2.20 bits per heavy atom. The SMILES string of the molecule is CCCC(CN)c1nc(CSc2ccccc2Cl)no1. The molecule has 108 valence electrons. The van der Waals surface area contributed by atoms with Crippen molar-refractivity contribution in [2.24, 2.45) is 5.73 Å². The number of nitrogens with zero attached hydrogens (tertiary/aromatic N) is 2. The van der Waals surface area contributed by atoms with E-state index in [0.29, 0.717) is 24.0 Å². The van der Waals surface area contributed by atoms with Gasteiger partial charge in [0.05, 0.1) is 16.7 Å². The van der Waals surface area contributed by atoms with Crippen molar-refractivity contribution in [1.82, 2.24) is 10.1 Å². The number of benzene rings is 1. The average molecular weight is 312 g/mol. The molecule has 0 saturated heterocycles. The molecule has 2 aromatic rings. The normalized spacial score (nSPS) is 12.6. The molecule has 0 fully saturated rings. The lowest BCUT2D eigenvalue weighted by molar-refractivity contribution is 0.344. The van der Waals surface area contributed by atoms with Crippen molar-refractivity contribution in [1.29, 1.82) is 0 Å². The topological polar surface area (TPSA) is 64.9 Å². The van der Waals surface area contributed by atoms with Crippen LogP contribution in [0.25, 0.3) is 0 Å². The molecule has 2 rings (SSSR count). The van der Waals surface area contributed by atoms with E-state index in [1.165, 1.54) is 0 Å². The van der Waals surface area contributed by atoms with Gasteiger partial charge in [-0.2, -0.15) is 4.98 Å². The van der Waals surface area contributed by atoms with Crippen LogP contribution in [0, 0.1) is 0 Å². The van der Waals surface area contributed by atoms with Crippen LogP contribution in [-0.4, -0.2) is 16.7 Å². The molecule has 2 N–H and O–H groups in total. The molecule has 0 aliphatic rings. The van der Waals surface area contributed by atoms with Gasteiger partial charge in [0.2, 0.25) is 5.89 Å². The molecule has 6 heteroatoms. The Labute approximate surface area is 128 Å². The van der Waals surface area contributed by atoms with E-state index in [1.54, 1.807) is 11.8 Å². The summed E-state index contributed by atoms with van der Waals surface area (Å²) in [6, 6.07) is 7.72. The fourth-order valence-corrected chi connectivity index (χ4v) is 2.97. The lowest BCUT2D eigenvalue weighted by Gasteiger charge is -2.06. The van der Waals surface area contributed by atoms with Crippen LogP contribution in [0.15, 0.2) is 33.7 Å². The molecule has 1 aromatic heterocycles. The lowest BCUT2D eigenvalue weighted by atomic mass is 10.0. The molecule has 1 unspecified atom stereocenters. The highest BCUT2D eigenvalue weighted by Crippen LogP contribution is 2.29. The van der Waals surface area contributed by atoms with Gasteiger partial charge in [-0.1, -0.05) is 42.2 Å². The van der Waals surface area contributed by atoms with Gasteiger partial charge in [-0.25, -0.2) is 0 Å². The molecule has 20 heavy (non-hydrogen) atoms. The zero-order valence-corrected chi connectivity index (χ0v) is 13.0. The first kappa shape index (κ1) is 15.4. The standard InChI is InChI=1S/C14H18ClN3OS/c1-2-5-10(8-16)14-17-13(18-19-14)9-20-12-7-4-3-6-11(12)15/h3-4,6-7,10H,2,5,8-9,16H2,1H3. The highest BCUT2D eigenvalue weighted by atomic mass is 35.5. The van der Waals surface area contributed by atoms with E-state index in [9.17, 15) is 0 Å². The number of aromatic nitrogens is 2. The van der Waals surface area contributed by atoms with E-state index in [1.807, 2.05) is 24.3 Å². The Balaban J connectivity index is 1.98. The van der Waals surface area contributed by atoms with Gasteiger partial charge in [0.25, 0.3) is 0 Å². The van der Waals surface area contributed by atoms with Crippen molar-refractivity contribution in [3.63, 3.8) is 0 Å². The summed E-state index contributed by atoms with van der Waals surface area (Å²) in [5.41, 5.74) is 5.73. The van der Waals surface area contributed by atoms with E-state index >= 15 is 0 Å². The van der Waals surface area contributed by atoms with Crippen LogP contribution < -0.4 is 5.73 Å². The van der Waals surface area contributed by atoms with Crippen LogP contribution in [-0.2, 0) is 5.75 Å². The molecule has 0 spiro atoms. The number of hydrogen-bond acceptors (Lipinski definition) is 5. The Morgan fingerprint density at radius 3 is 2.90 bits per heavy atom. The second kappa shape index (κ2) is 7.67. The number of thioether (sulfide) groups is 1. The summed E-state index contributed by atoms with van der Waals surface area (Å²) in [7, 11) is 0. The van der Waals surface area contributed by atoms with Crippen LogP contribution in [0.1, 0.15) is 37.4 Å². The summed E-state index contributed by atoms with van der Waals surface area (Å²) < 4.78 is 5.30. The smallest absolute Gasteiger partial charge is 0.231 e. The van der Waals surface area contributed by atoms with Crippen LogP contribution in [0.2, 0.25) is 5.02 Å². The van der Waals surface area contributed by atoms with E-state index in [4.69, 9.17) is 21.9 Å². The third kappa shape index (κ3) is 3.98. The average Bonchev–Trinajstić information content (AvgIpc) is 2.92. The first-order valence-corrected chi connectivity index (χ1v) is 8.00. The zero-order chi connectivity index (χ0) is 14.4. The van der Waals surface area contributed by atoms with Crippen LogP contribution in [0.5, 0.6) is 0 Å². The minimum Gasteiger partial charge on any atom is -0.339 e. The number of hydrogen-bond donors (Lipinski definition) is 1. The summed E-state index contributed by atoms with van der Waals surface area (Å²) in [4.78, 5) is 5.44. The summed E-state index contributed by atoms with van der Waals surface area (Å²) in [5, 5.41) is 4.75. The molecule has 1 heterocycles. The van der Waals surface area contributed by atoms with Gasteiger partial charge < -0.3 is 10.3 Å². The molecule has 0 aliphatic carbocycles. The van der Waals surface area contributed by atoms with Crippen molar-refractivity contribution in [3.05, 3.63) is 41.0 Å². The lowest BCUT2D eigenvalue weighted by Crippen LogP contribution is -2.12. The van der Waals surface area contributed by atoms with E-state index in [-0.39, 0.29) is 5.92 Å². The highest BCUT2D eigenvalue weighted by molar-refractivity contribution is 7.98. The molecular formula is C14H18ClN3OS. The summed E-state index contributed by atoms with van der Waals surface area (Å²) in [5.74, 6) is 2.12. The minimum atomic E-state index is 0.159. The molecule has 0 radical (unpaired) electrons. The van der Waals surface area contributed by atoms with Crippen molar-refractivity contribution >= 4 is 23.4 Å². The Morgan fingerprint density at radius 1 is 1.40 bits per heavy atom. The highest BCUT2D eigenvalue weighted by Gasteiger charge is 2.16. The predicted octanol–water partition coefficient (Wildman–Crippen LogP) is 3.86. The third-order valence-corrected chi connectivity index (χ3v) is 4.46. The van der Waals surface area contributed by atoms with Gasteiger partial charge in [-0.3, -0.25) is 0 Å². The van der Waals surface area contributed by atoms with E-state index < -0.39 is 0 Å². The van der Waals surface area contributed by atoms with E-state index in [2.05, 4.69) is 17.1 Å². The van der Waals surface area contributed by atoms with Crippen molar-refractivity contribution in [3.8, 4) is 0 Å². The first-order valence-electron chi connectivity index (χ1n) is 6.64. The third-order valence-electron chi connectivity index (χ3n) is 2.95. The number of nitrogens with two attached hydrogens (primary N) is 1. The van der Waals surface area contributed by atoms with Gasteiger partial charge in [-0.15, -0.1) is 11.8 Å². The molecule has 0 saturated carbocycles. The Bertz CT molecular complexity index is 547. The Hall–Kier alpha value is -1.04. The summed E-state index contributed by atoms with van der Waals surface area (Å²) in [6.45, 7) is 2.65. The largest absolute Gasteiger partial charge is 0.339 e. The molecule has 1 atom stereocenters.